The number of ether oxygens (including phenoxy) is 1. The van der Waals surface area contributed by atoms with Crippen LogP contribution in [0.25, 0.3) is 22.0 Å². The van der Waals surface area contributed by atoms with E-state index in [9.17, 15) is 10.1 Å². The minimum absolute atomic E-state index is 0.204. The Morgan fingerprint density at radius 1 is 1.09 bits per heavy atom. The van der Waals surface area contributed by atoms with Crippen molar-refractivity contribution in [3.63, 3.8) is 0 Å². The number of hydrogen-bond acceptors (Lipinski definition) is 4. The third-order valence-electron chi connectivity index (χ3n) is 5.69. The highest BCUT2D eigenvalue weighted by Gasteiger charge is 2.25. The van der Waals surface area contributed by atoms with Gasteiger partial charge in [0.1, 0.15) is 11.8 Å². The van der Waals surface area contributed by atoms with Crippen molar-refractivity contribution in [3.05, 3.63) is 93.6 Å². The van der Waals surface area contributed by atoms with Crippen LogP contribution < -0.4 is 10.1 Å². The van der Waals surface area contributed by atoms with Gasteiger partial charge in [0.15, 0.2) is 0 Å². The number of halogens is 2. The number of nitrogens with zero attached hydrogens (tertiary/aromatic N) is 2. The lowest BCUT2D eigenvalue weighted by atomic mass is 9.96. The van der Waals surface area contributed by atoms with Gasteiger partial charge in [0.2, 0.25) is 0 Å². The lowest BCUT2D eigenvalue weighted by Crippen LogP contribution is -2.32. The second kappa shape index (κ2) is 8.74. The summed E-state index contributed by atoms with van der Waals surface area (Å²) in [4.78, 5) is 17.8. The molecule has 162 valence electrons. The molecule has 0 saturated carbocycles. The summed E-state index contributed by atoms with van der Waals surface area (Å²) in [6.45, 7) is 0.509. The predicted octanol–water partition coefficient (Wildman–Crippen LogP) is 6.33. The molecular weight excluding hydrogens is 457 g/mol. The van der Waals surface area contributed by atoms with E-state index in [0.29, 0.717) is 34.0 Å². The summed E-state index contributed by atoms with van der Waals surface area (Å²) in [6.07, 6.45) is 2.10. The molecule has 0 bridgehead atoms. The normalized spacial score (nSPS) is 14.8. The molecule has 0 spiro atoms. The molecule has 5 rings (SSSR count). The van der Waals surface area contributed by atoms with Crippen LogP contribution in [0.15, 0.2) is 66.9 Å². The molecule has 1 aliphatic heterocycles. The van der Waals surface area contributed by atoms with Gasteiger partial charge in [0.25, 0.3) is 5.91 Å². The van der Waals surface area contributed by atoms with Crippen LogP contribution in [0.2, 0.25) is 10.0 Å². The average molecular weight is 474 g/mol. The second-order valence-corrected chi connectivity index (χ2v) is 8.59. The Balaban J connectivity index is 1.55. The van der Waals surface area contributed by atoms with Crippen LogP contribution in [0, 0.1) is 11.3 Å². The number of nitriles is 1. The first-order valence-corrected chi connectivity index (χ1v) is 11.1. The van der Waals surface area contributed by atoms with Crippen molar-refractivity contribution < 1.29 is 9.53 Å². The van der Waals surface area contributed by atoms with Crippen LogP contribution in [0.3, 0.4) is 0 Å². The van der Waals surface area contributed by atoms with Gasteiger partial charge in [-0.05, 0) is 29.8 Å². The molecular formula is C26H17Cl2N3O2. The zero-order valence-electron chi connectivity index (χ0n) is 17.3. The summed E-state index contributed by atoms with van der Waals surface area (Å²) in [5, 5.41) is 14.6. The first-order chi connectivity index (χ1) is 16.0. The average Bonchev–Trinajstić information content (AvgIpc) is 2.82. The fourth-order valence-electron chi connectivity index (χ4n) is 4.19. The molecule has 1 amide bonds. The number of rotatable bonds is 3. The maximum Gasteiger partial charge on any atom is 0.254 e. The zero-order chi connectivity index (χ0) is 22.9. The number of amides is 1. The smallest absolute Gasteiger partial charge is 0.254 e. The Morgan fingerprint density at radius 2 is 1.88 bits per heavy atom. The van der Waals surface area contributed by atoms with Gasteiger partial charge in [-0.15, -0.1) is 0 Å². The number of carbonyl (C=O) groups excluding carboxylic acids is 1. The van der Waals surface area contributed by atoms with Crippen molar-refractivity contribution in [2.75, 3.05) is 6.61 Å². The highest BCUT2D eigenvalue weighted by Crippen LogP contribution is 2.34. The van der Waals surface area contributed by atoms with E-state index in [4.69, 9.17) is 27.9 Å². The van der Waals surface area contributed by atoms with E-state index in [0.717, 1.165) is 22.4 Å². The lowest BCUT2D eigenvalue weighted by molar-refractivity contribution is 0.0924. The van der Waals surface area contributed by atoms with Crippen molar-refractivity contribution in [1.29, 1.82) is 5.26 Å². The molecule has 0 aliphatic carbocycles. The van der Waals surface area contributed by atoms with E-state index in [1.165, 1.54) is 6.20 Å². The quantitative estimate of drug-likeness (QED) is 0.376. The molecule has 0 radical (unpaired) electrons. The Bertz CT molecular complexity index is 1430. The largest absolute Gasteiger partial charge is 0.493 e. The molecule has 1 N–H and O–H groups in total. The Hall–Kier alpha value is -3.59. The van der Waals surface area contributed by atoms with Gasteiger partial charge in [-0.3, -0.25) is 9.78 Å². The van der Waals surface area contributed by atoms with E-state index in [2.05, 4.69) is 16.4 Å². The summed E-state index contributed by atoms with van der Waals surface area (Å²) in [5.41, 5.74) is 3.58. The maximum atomic E-state index is 13.2. The molecule has 1 atom stereocenters. The lowest BCUT2D eigenvalue weighted by Gasteiger charge is -2.26. The van der Waals surface area contributed by atoms with Gasteiger partial charge in [-0.1, -0.05) is 59.6 Å². The van der Waals surface area contributed by atoms with Gasteiger partial charge in [0.05, 0.1) is 29.3 Å². The number of para-hydroxylation sites is 2. The van der Waals surface area contributed by atoms with Crippen LogP contribution in [-0.2, 0) is 0 Å². The highest BCUT2D eigenvalue weighted by molar-refractivity contribution is 6.35. The van der Waals surface area contributed by atoms with Gasteiger partial charge in [0, 0.05) is 39.2 Å². The molecule has 0 fully saturated rings. The fraction of sp³-hybridized carbons (Fsp3) is 0.115. The van der Waals surface area contributed by atoms with E-state index in [1.807, 2.05) is 36.4 Å². The van der Waals surface area contributed by atoms with Gasteiger partial charge < -0.3 is 10.1 Å². The molecule has 3 aromatic carbocycles. The number of hydrogen-bond donors (Lipinski definition) is 1. The minimum atomic E-state index is -0.348. The molecule has 7 heteroatoms. The number of aromatic nitrogens is 1. The van der Waals surface area contributed by atoms with Gasteiger partial charge >= 0.3 is 0 Å². The van der Waals surface area contributed by atoms with Crippen molar-refractivity contribution in [2.45, 2.75) is 12.5 Å². The van der Waals surface area contributed by atoms with Crippen LogP contribution >= 0.6 is 23.2 Å². The van der Waals surface area contributed by atoms with Gasteiger partial charge in [-0.2, -0.15) is 5.26 Å². The van der Waals surface area contributed by atoms with Crippen LogP contribution in [0.5, 0.6) is 5.75 Å². The van der Waals surface area contributed by atoms with Crippen molar-refractivity contribution in [2.24, 2.45) is 0 Å². The summed E-state index contributed by atoms with van der Waals surface area (Å²) in [7, 11) is 0. The van der Waals surface area contributed by atoms with E-state index in [1.54, 1.807) is 24.3 Å². The van der Waals surface area contributed by atoms with Crippen molar-refractivity contribution in [1.82, 2.24) is 10.3 Å². The molecule has 5 nitrogen and oxygen atoms in total. The third-order valence-corrected chi connectivity index (χ3v) is 6.13. The fourth-order valence-corrected chi connectivity index (χ4v) is 4.71. The number of carbonyl (C=O) groups is 1. The predicted molar refractivity (Wildman–Crippen MR) is 129 cm³/mol. The number of benzene rings is 3. The van der Waals surface area contributed by atoms with Crippen LogP contribution in [0.4, 0.5) is 0 Å². The molecule has 33 heavy (non-hydrogen) atoms. The first-order valence-electron chi connectivity index (χ1n) is 10.4. The SMILES string of the molecule is N#Cc1c(C(=O)NC2CCOc3ccccc32)cnc2c(-c3cc(Cl)cc(Cl)c3)cccc12. The van der Waals surface area contributed by atoms with E-state index >= 15 is 0 Å². The molecule has 4 aromatic rings. The van der Waals surface area contributed by atoms with Gasteiger partial charge in [-0.25, -0.2) is 0 Å². The maximum absolute atomic E-state index is 13.2. The monoisotopic (exact) mass is 473 g/mol. The molecule has 2 heterocycles. The van der Waals surface area contributed by atoms with Crippen molar-refractivity contribution >= 4 is 40.0 Å². The molecule has 0 saturated heterocycles. The van der Waals surface area contributed by atoms with Crippen LogP contribution in [-0.4, -0.2) is 17.5 Å². The minimum Gasteiger partial charge on any atom is -0.493 e. The number of pyridine rings is 1. The zero-order valence-corrected chi connectivity index (χ0v) is 18.8. The van der Waals surface area contributed by atoms with E-state index < -0.39 is 0 Å². The molecule has 1 aromatic heterocycles. The summed E-state index contributed by atoms with van der Waals surface area (Å²) >= 11 is 12.4. The summed E-state index contributed by atoms with van der Waals surface area (Å²) in [6, 6.07) is 20.4. The number of fused-ring (bicyclic) bond motifs is 2. The van der Waals surface area contributed by atoms with Crippen LogP contribution in [0.1, 0.15) is 33.9 Å². The Kier molecular flexibility index (Phi) is 5.63. The summed E-state index contributed by atoms with van der Waals surface area (Å²) < 4.78 is 5.68. The first kappa shape index (κ1) is 21.3. The highest BCUT2D eigenvalue weighted by atomic mass is 35.5. The Labute approximate surface area is 200 Å². The molecule has 1 aliphatic rings. The summed E-state index contributed by atoms with van der Waals surface area (Å²) in [5.74, 6) is 0.412. The molecule has 1 unspecified atom stereocenters. The van der Waals surface area contributed by atoms with Crippen molar-refractivity contribution in [3.8, 4) is 22.9 Å². The second-order valence-electron chi connectivity index (χ2n) is 7.72. The number of nitrogens with one attached hydrogen (secondary N) is 1. The Morgan fingerprint density at radius 3 is 2.67 bits per heavy atom. The topological polar surface area (TPSA) is 75.0 Å². The standard InChI is InChI=1S/C26H17Cl2N3O2/c27-16-10-15(11-17(28)12-16)18-5-3-6-19-21(13-29)22(14-30-25(18)19)26(32)31-23-8-9-33-24-7-2-1-4-20(23)24/h1-7,10-12,14,23H,8-9H2,(H,31,32). The third kappa shape index (κ3) is 4.00. The van der Waals surface area contributed by atoms with E-state index in [-0.39, 0.29) is 23.1 Å².